The molecule has 0 aliphatic heterocycles. The van der Waals surface area contributed by atoms with Crippen LogP contribution in [0.15, 0.2) is 42.6 Å². The molecule has 92 valence electrons. The van der Waals surface area contributed by atoms with Gasteiger partial charge in [0.1, 0.15) is 0 Å². The van der Waals surface area contributed by atoms with Crippen molar-refractivity contribution < 1.29 is 0 Å². The smallest absolute Gasteiger partial charge is 0.0259 e. The summed E-state index contributed by atoms with van der Waals surface area (Å²) in [5, 5.41) is 3.42. The quantitative estimate of drug-likeness (QED) is 0.755. The molecule has 2 nitrogen and oxygen atoms in total. The van der Waals surface area contributed by atoms with Gasteiger partial charge in [-0.1, -0.05) is 36.9 Å². The van der Waals surface area contributed by atoms with E-state index in [0.717, 1.165) is 25.0 Å². The van der Waals surface area contributed by atoms with Crippen LogP contribution in [0.2, 0.25) is 0 Å². The van der Waals surface area contributed by atoms with Gasteiger partial charge >= 0.3 is 0 Å². The summed E-state index contributed by atoms with van der Waals surface area (Å²) < 4.78 is 0. The van der Waals surface area contributed by atoms with Crippen molar-refractivity contribution in [1.82, 2.24) is 5.32 Å². The first-order valence-corrected chi connectivity index (χ1v) is 6.48. The summed E-state index contributed by atoms with van der Waals surface area (Å²) >= 11 is 0. The fourth-order valence-corrected chi connectivity index (χ4v) is 1.97. The molecule has 0 amide bonds. The Morgan fingerprint density at radius 2 is 2.06 bits per heavy atom. The number of allylic oxidation sites excluding steroid dienone is 1. The summed E-state index contributed by atoms with van der Waals surface area (Å²) in [6.45, 7) is 4.05. The number of hydrogen-bond donors (Lipinski definition) is 2. The molecule has 0 aromatic heterocycles. The van der Waals surface area contributed by atoms with E-state index in [1.54, 1.807) is 0 Å². The standard InChI is InChI=1S/C15H22N2/c1-12(17-15-9-10-15)7-8-14(16)11-13-5-3-2-4-6-13/h2-6,14-15,17H,1,7-11,16H2/t14-/m1/s1. The van der Waals surface area contributed by atoms with Crippen LogP contribution in [-0.2, 0) is 6.42 Å². The van der Waals surface area contributed by atoms with Gasteiger partial charge in [0.05, 0.1) is 0 Å². The Kier molecular flexibility index (Phi) is 4.21. The minimum atomic E-state index is 0.232. The van der Waals surface area contributed by atoms with E-state index in [1.165, 1.54) is 18.4 Å². The van der Waals surface area contributed by atoms with Crippen LogP contribution < -0.4 is 11.1 Å². The van der Waals surface area contributed by atoms with Gasteiger partial charge in [0.25, 0.3) is 0 Å². The first kappa shape index (κ1) is 12.2. The van der Waals surface area contributed by atoms with Gasteiger partial charge in [0.15, 0.2) is 0 Å². The number of rotatable bonds is 7. The summed E-state index contributed by atoms with van der Waals surface area (Å²) in [6, 6.07) is 11.4. The molecule has 0 spiro atoms. The average Bonchev–Trinajstić information content (AvgIpc) is 3.12. The Hall–Kier alpha value is -1.28. The Morgan fingerprint density at radius 1 is 1.35 bits per heavy atom. The lowest BCUT2D eigenvalue weighted by Gasteiger charge is -2.13. The summed E-state index contributed by atoms with van der Waals surface area (Å²) in [4.78, 5) is 0. The molecule has 1 atom stereocenters. The van der Waals surface area contributed by atoms with E-state index in [4.69, 9.17) is 5.73 Å². The van der Waals surface area contributed by atoms with Gasteiger partial charge in [-0.25, -0.2) is 0 Å². The molecule has 17 heavy (non-hydrogen) atoms. The number of hydrogen-bond acceptors (Lipinski definition) is 2. The zero-order valence-corrected chi connectivity index (χ0v) is 10.4. The van der Waals surface area contributed by atoms with E-state index in [-0.39, 0.29) is 6.04 Å². The summed E-state index contributed by atoms with van der Waals surface area (Å²) in [5.41, 5.74) is 8.60. The highest BCUT2D eigenvalue weighted by molar-refractivity contribution is 5.15. The fraction of sp³-hybridized carbons (Fsp3) is 0.467. The number of nitrogens with one attached hydrogen (secondary N) is 1. The van der Waals surface area contributed by atoms with Crippen molar-refractivity contribution in [3.8, 4) is 0 Å². The molecule has 0 bridgehead atoms. The highest BCUT2D eigenvalue weighted by atomic mass is 15.0. The molecule has 1 saturated carbocycles. The predicted molar refractivity (Wildman–Crippen MR) is 72.7 cm³/mol. The van der Waals surface area contributed by atoms with Gasteiger partial charge in [0.2, 0.25) is 0 Å². The molecular formula is C15H22N2. The molecule has 0 unspecified atom stereocenters. The third-order valence-electron chi connectivity index (χ3n) is 3.14. The fourth-order valence-electron chi connectivity index (χ4n) is 1.97. The molecule has 0 heterocycles. The maximum absolute atomic E-state index is 6.13. The van der Waals surface area contributed by atoms with Crippen LogP contribution in [-0.4, -0.2) is 12.1 Å². The lowest BCUT2D eigenvalue weighted by molar-refractivity contribution is 0.589. The van der Waals surface area contributed by atoms with Crippen molar-refractivity contribution in [2.75, 3.05) is 0 Å². The van der Waals surface area contributed by atoms with E-state index in [9.17, 15) is 0 Å². The SMILES string of the molecule is C=C(CC[C@@H](N)Cc1ccccc1)NC1CC1. The molecule has 1 fully saturated rings. The van der Waals surface area contributed by atoms with Crippen molar-refractivity contribution in [2.45, 2.75) is 44.2 Å². The Morgan fingerprint density at radius 3 is 2.71 bits per heavy atom. The second kappa shape index (κ2) is 5.87. The maximum Gasteiger partial charge on any atom is 0.0259 e. The van der Waals surface area contributed by atoms with Crippen LogP contribution in [0.4, 0.5) is 0 Å². The van der Waals surface area contributed by atoms with Crippen LogP contribution in [0.1, 0.15) is 31.2 Å². The van der Waals surface area contributed by atoms with E-state index >= 15 is 0 Å². The predicted octanol–water partition coefficient (Wildman–Crippen LogP) is 2.60. The van der Waals surface area contributed by atoms with Crippen molar-refractivity contribution in [3.63, 3.8) is 0 Å². The normalized spacial score (nSPS) is 16.5. The average molecular weight is 230 g/mol. The van der Waals surface area contributed by atoms with E-state index in [1.807, 2.05) is 6.07 Å². The van der Waals surface area contributed by atoms with E-state index in [2.05, 4.69) is 36.2 Å². The van der Waals surface area contributed by atoms with Crippen molar-refractivity contribution >= 4 is 0 Å². The molecule has 1 aliphatic rings. The monoisotopic (exact) mass is 230 g/mol. The summed E-state index contributed by atoms with van der Waals surface area (Å²) in [6.07, 6.45) is 5.56. The minimum absolute atomic E-state index is 0.232. The molecule has 0 radical (unpaired) electrons. The molecule has 1 aliphatic carbocycles. The van der Waals surface area contributed by atoms with Gasteiger partial charge in [0, 0.05) is 17.8 Å². The second-order valence-electron chi connectivity index (χ2n) is 5.01. The highest BCUT2D eigenvalue weighted by Crippen LogP contribution is 2.21. The summed E-state index contributed by atoms with van der Waals surface area (Å²) in [7, 11) is 0. The van der Waals surface area contributed by atoms with Crippen molar-refractivity contribution in [3.05, 3.63) is 48.2 Å². The lowest BCUT2D eigenvalue weighted by Crippen LogP contribution is -2.24. The number of benzene rings is 1. The number of nitrogens with two attached hydrogens (primary N) is 1. The van der Waals surface area contributed by atoms with Crippen molar-refractivity contribution in [2.24, 2.45) is 5.73 Å². The molecular weight excluding hydrogens is 208 g/mol. The van der Waals surface area contributed by atoms with Crippen LogP contribution >= 0.6 is 0 Å². The van der Waals surface area contributed by atoms with Gasteiger partial charge in [-0.15, -0.1) is 0 Å². The second-order valence-corrected chi connectivity index (χ2v) is 5.01. The Balaban J connectivity index is 1.66. The third kappa shape index (κ3) is 4.61. The van der Waals surface area contributed by atoms with Crippen LogP contribution in [0.3, 0.4) is 0 Å². The highest BCUT2D eigenvalue weighted by Gasteiger charge is 2.20. The first-order chi connectivity index (χ1) is 8.24. The van der Waals surface area contributed by atoms with E-state index < -0.39 is 0 Å². The van der Waals surface area contributed by atoms with Gasteiger partial charge in [-0.3, -0.25) is 0 Å². The van der Waals surface area contributed by atoms with Crippen LogP contribution in [0.5, 0.6) is 0 Å². The first-order valence-electron chi connectivity index (χ1n) is 6.48. The minimum Gasteiger partial charge on any atom is -0.386 e. The summed E-state index contributed by atoms with van der Waals surface area (Å²) in [5.74, 6) is 0. The zero-order chi connectivity index (χ0) is 12.1. The molecule has 0 saturated heterocycles. The molecule has 1 aromatic carbocycles. The Bertz CT molecular complexity index is 354. The Labute approximate surface area is 104 Å². The van der Waals surface area contributed by atoms with Gasteiger partial charge in [-0.05, 0) is 37.7 Å². The van der Waals surface area contributed by atoms with Gasteiger partial charge in [-0.2, -0.15) is 0 Å². The van der Waals surface area contributed by atoms with Crippen LogP contribution in [0.25, 0.3) is 0 Å². The van der Waals surface area contributed by atoms with Crippen LogP contribution in [0, 0.1) is 0 Å². The molecule has 3 N–H and O–H groups in total. The third-order valence-corrected chi connectivity index (χ3v) is 3.14. The van der Waals surface area contributed by atoms with Gasteiger partial charge < -0.3 is 11.1 Å². The zero-order valence-electron chi connectivity index (χ0n) is 10.4. The molecule has 1 aromatic rings. The lowest BCUT2D eigenvalue weighted by atomic mass is 10.0. The molecule has 2 rings (SSSR count). The largest absolute Gasteiger partial charge is 0.386 e. The van der Waals surface area contributed by atoms with Crippen molar-refractivity contribution in [1.29, 1.82) is 0 Å². The maximum atomic E-state index is 6.13. The molecule has 2 heteroatoms. The van der Waals surface area contributed by atoms with E-state index in [0.29, 0.717) is 6.04 Å². The topological polar surface area (TPSA) is 38.0 Å².